The van der Waals surface area contributed by atoms with Gasteiger partial charge in [-0.15, -0.1) is 0 Å². The van der Waals surface area contributed by atoms with Crippen LogP contribution in [-0.4, -0.2) is 29.1 Å². The van der Waals surface area contributed by atoms with Gasteiger partial charge in [-0.25, -0.2) is 4.39 Å². The van der Waals surface area contributed by atoms with E-state index < -0.39 is 29.4 Å². The number of carboxylic acid groups (broad SMARTS) is 1. The molecule has 0 radical (unpaired) electrons. The van der Waals surface area contributed by atoms with Crippen molar-refractivity contribution in [3.8, 4) is 11.1 Å². The molecule has 0 spiro atoms. The summed E-state index contributed by atoms with van der Waals surface area (Å²) in [5.74, 6) is -1.91. The van der Waals surface area contributed by atoms with Crippen LogP contribution in [0.3, 0.4) is 0 Å². The molecule has 1 saturated heterocycles. The normalized spacial score (nSPS) is 16.0. The van der Waals surface area contributed by atoms with E-state index in [0.29, 0.717) is 31.1 Å². The van der Waals surface area contributed by atoms with E-state index in [-0.39, 0.29) is 18.4 Å². The lowest BCUT2D eigenvalue weighted by atomic mass is 9.82. The Hall–Kier alpha value is -3.19. The Morgan fingerprint density at radius 1 is 0.974 bits per heavy atom. The van der Waals surface area contributed by atoms with Gasteiger partial charge < -0.3 is 5.11 Å². The summed E-state index contributed by atoms with van der Waals surface area (Å²) in [6.45, 7) is 7.62. The molecular formula is C32H35F4NO2. The van der Waals surface area contributed by atoms with Crippen molar-refractivity contribution in [2.45, 2.75) is 64.6 Å². The first-order valence-corrected chi connectivity index (χ1v) is 13.4. The predicted octanol–water partition coefficient (Wildman–Crippen LogP) is 8.41. The monoisotopic (exact) mass is 541 g/mol. The minimum Gasteiger partial charge on any atom is -0.481 e. The number of hydrogen-bond acceptors (Lipinski definition) is 2. The molecule has 0 aliphatic carbocycles. The molecule has 39 heavy (non-hydrogen) atoms. The molecule has 4 rings (SSSR count). The molecule has 1 fully saturated rings. The van der Waals surface area contributed by atoms with Crippen LogP contribution in [0.1, 0.15) is 72.8 Å². The Labute approximate surface area is 227 Å². The number of rotatable bonds is 8. The molecule has 3 nitrogen and oxygen atoms in total. The van der Waals surface area contributed by atoms with E-state index in [1.807, 2.05) is 57.2 Å². The molecule has 1 N–H and O–H groups in total. The highest BCUT2D eigenvalue weighted by atomic mass is 19.4. The van der Waals surface area contributed by atoms with Crippen molar-refractivity contribution >= 4 is 5.97 Å². The van der Waals surface area contributed by atoms with Crippen molar-refractivity contribution in [2.24, 2.45) is 5.92 Å². The average Bonchev–Trinajstić information content (AvgIpc) is 2.87. The zero-order valence-electron chi connectivity index (χ0n) is 22.6. The second-order valence-electron chi connectivity index (χ2n) is 11.2. The smallest absolute Gasteiger partial charge is 0.416 e. The van der Waals surface area contributed by atoms with Crippen LogP contribution in [0.2, 0.25) is 0 Å². The fraction of sp³-hybridized carbons (Fsp3) is 0.406. The van der Waals surface area contributed by atoms with Crippen molar-refractivity contribution in [1.29, 1.82) is 0 Å². The molecular weight excluding hydrogens is 506 g/mol. The van der Waals surface area contributed by atoms with Crippen molar-refractivity contribution in [1.82, 2.24) is 4.90 Å². The van der Waals surface area contributed by atoms with Crippen LogP contribution in [-0.2, 0) is 17.5 Å². The molecule has 1 atom stereocenters. The molecule has 0 saturated carbocycles. The second-order valence-corrected chi connectivity index (χ2v) is 11.2. The molecule has 0 aromatic heterocycles. The first-order chi connectivity index (χ1) is 18.4. The van der Waals surface area contributed by atoms with Crippen LogP contribution < -0.4 is 0 Å². The van der Waals surface area contributed by atoms with E-state index in [4.69, 9.17) is 0 Å². The summed E-state index contributed by atoms with van der Waals surface area (Å²) in [5, 5.41) is 10.0. The van der Waals surface area contributed by atoms with Gasteiger partial charge in [0.2, 0.25) is 0 Å². The molecule has 3 aromatic rings. The van der Waals surface area contributed by atoms with Crippen molar-refractivity contribution in [3.63, 3.8) is 0 Å². The number of hydrogen-bond donors (Lipinski definition) is 1. The summed E-state index contributed by atoms with van der Waals surface area (Å²) in [7, 11) is 0. The number of benzene rings is 3. The molecule has 1 aliphatic rings. The zero-order chi connectivity index (χ0) is 28.3. The zero-order valence-corrected chi connectivity index (χ0v) is 22.6. The predicted molar refractivity (Wildman–Crippen MR) is 145 cm³/mol. The number of halogens is 4. The Balaban J connectivity index is 1.57. The largest absolute Gasteiger partial charge is 0.481 e. The van der Waals surface area contributed by atoms with Crippen LogP contribution >= 0.6 is 0 Å². The van der Waals surface area contributed by atoms with Crippen LogP contribution in [0.25, 0.3) is 11.1 Å². The van der Waals surface area contributed by atoms with Gasteiger partial charge in [0.1, 0.15) is 5.82 Å². The first kappa shape index (κ1) is 28.8. The van der Waals surface area contributed by atoms with Gasteiger partial charge in [-0.05, 0) is 97.1 Å². The van der Waals surface area contributed by atoms with Crippen LogP contribution in [0.4, 0.5) is 17.6 Å². The maximum Gasteiger partial charge on any atom is 0.416 e. The highest BCUT2D eigenvalue weighted by molar-refractivity contribution is 5.77. The lowest BCUT2D eigenvalue weighted by molar-refractivity contribution is -0.139. The average molecular weight is 542 g/mol. The number of carboxylic acids is 1. The summed E-state index contributed by atoms with van der Waals surface area (Å²) in [5.41, 5.74) is 4.38. The SMILES string of the molecule is Cc1ccc(-c2cc(C3CCN(Cc4cc(F)cc(C(F)(F)F)c4)CC3)cc(C(CC(C)C)C(=O)O)c2)cc1. The molecule has 208 valence electrons. The van der Waals surface area contributed by atoms with E-state index >= 15 is 0 Å². The number of aryl methyl sites for hydroxylation is 1. The Kier molecular flexibility index (Phi) is 8.80. The summed E-state index contributed by atoms with van der Waals surface area (Å²) in [6.07, 6.45) is -2.49. The van der Waals surface area contributed by atoms with E-state index in [1.165, 1.54) is 6.07 Å². The lowest BCUT2D eigenvalue weighted by Crippen LogP contribution is -2.32. The van der Waals surface area contributed by atoms with Gasteiger partial charge in [0.05, 0.1) is 11.5 Å². The van der Waals surface area contributed by atoms with Gasteiger partial charge in [-0.3, -0.25) is 9.69 Å². The number of piperidine rings is 1. The van der Waals surface area contributed by atoms with E-state index in [2.05, 4.69) is 11.0 Å². The minimum atomic E-state index is -4.59. The topological polar surface area (TPSA) is 40.5 Å². The number of carbonyl (C=O) groups is 1. The summed E-state index contributed by atoms with van der Waals surface area (Å²) in [6, 6.07) is 17.1. The maximum atomic E-state index is 13.9. The first-order valence-electron chi connectivity index (χ1n) is 13.4. The third kappa shape index (κ3) is 7.47. The van der Waals surface area contributed by atoms with Gasteiger partial charge in [0.15, 0.2) is 0 Å². The molecule has 1 unspecified atom stereocenters. The molecule has 0 bridgehead atoms. The number of aliphatic carboxylic acids is 1. The van der Waals surface area contributed by atoms with Crippen molar-refractivity contribution < 1.29 is 27.5 Å². The van der Waals surface area contributed by atoms with E-state index in [0.717, 1.165) is 46.7 Å². The molecule has 1 heterocycles. The molecule has 7 heteroatoms. The highest BCUT2D eigenvalue weighted by Crippen LogP contribution is 2.37. The third-order valence-electron chi connectivity index (χ3n) is 7.52. The fourth-order valence-electron chi connectivity index (χ4n) is 5.46. The molecule has 3 aromatic carbocycles. The van der Waals surface area contributed by atoms with Gasteiger partial charge in [0.25, 0.3) is 0 Å². The number of likely N-dealkylation sites (tertiary alicyclic amines) is 1. The van der Waals surface area contributed by atoms with Crippen LogP contribution in [0.15, 0.2) is 60.7 Å². The van der Waals surface area contributed by atoms with Crippen LogP contribution in [0.5, 0.6) is 0 Å². The van der Waals surface area contributed by atoms with Gasteiger partial charge in [-0.2, -0.15) is 13.2 Å². The van der Waals surface area contributed by atoms with E-state index in [9.17, 15) is 27.5 Å². The highest BCUT2D eigenvalue weighted by Gasteiger charge is 2.32. The van der Waals surface area contributed by atoms with Gasteiger partial charge >= 0.3 is 12.1 Å². The van der Waals surface area contributed by atoms with Crippen LogP contribution in [0, 0.1) is 18.7 Å². The number of nitrogens with zero attached hydrogens (tertiary/aromatic N) is 1. The van der Waals surface area contributed by atoms with E-state index in [1.54, 1.807) is 0 Å². The van der Waals surface area contributed by atoms with Gasteiger partial charge in [-0.1, -0.05) is 61.9 Å². The molecule has 1 aliphatic heterocycles. The third-order valence-corrected chi connectivity index (χ3v) is 7.52. The Morgan fingerprint density at radius 2 is 1.64 bits per heavy atom. The number of alkyl halides is 3. The summed E-state index contributed by atoms with van der Waals surface area (Å²) < 4.78 is 53.3. The lowest BCUT2D eigenvalue weighted by Gasteiger charge is -2.33. The quantitative estimate of drug-likeness (QED) is 0.291. The van der Waals surface area contributed by atoms with Crippen molar-refractivity contribution in [2.75, 3.05) is 13.1 Å². The molecule has 0 amide bonds. The Bertz CT molecular complexity index is 1290. The minimum absolute atomic E-state index is 0.192. The summed E-state index contributed by atoms with van der Waals surface area (Å²) >= 11 is 0. The van der Waals surface area contributed by atoms with Crippen molar-refractivity contribution in [3.05, 3.63) is 94.3 Å². The fourth-order valence-corrected chi connectivity index (χ4v) is 5.46. The maximum absolute atomic E-state index is 13.9. The van der Waals surface area contributed by atoms with Gasteiger partial charge in [0, 0.05) is 6.54 Å². The Morgan fingerprint density at radius 3 is 2.23 bits per heavy atom. The standard InChI is InChI=1S/C32H35F4NO2/c1-20(2)12-30(31(38)39)27-16-25(23-6-4-21(3)5-7-23)15-26(17-27)24-8-10-37(11-9-24)19-22-13-28(32(34,35)36)18-29(33)14-22/h4-7,13-18,20,24,30H,8-12,19H2,1-3H3,(H,38,39). The summed E-state index contributed by atoms with van der Waals surface area (Å²) in [4.78, 5) is 14.3. The second kappa shape index (κ2) is 11.9.